The van der Waals surface area contributed by atoms with Gasteiger partial charge in [0, 0.05) is 5.92 Å². The van der Waals surface area contributed by atoms with Crippen LogP contribution in [0, 0.1) is 40.4 Å². The van der Waals surface area contributed by atoms with Gasteiger partial charge in [-0.25, -0.2) is 0 Å². The lowest BCUT2D eigenvalue weighted by Gasteiger charge is -2.62. The second kappa shape index (κ2) is 5.96. The van der Waals surface area contributed by atoms with E-state index in [2.05, 4.69) is 13.8 Å². The first-order valence-electron chi connectivity index (χ1n) is 10.7. The van der Waals surface area contributed by atoms with Gasteiger partial charge in [-0.3, -0.25) is 4.79 Å². The second-order valence-corrected chi connectivity index (χ2v) is 10.7. The van der Waals surface area contributed by atoms with Gasteiger partial charge in [-0.1, -0.05) is 13.8 Å². The molecule has 4 aliphatic rings. The van der Waals surface area contributed by atoms with Crippen molar-refractivity contribution < 1.29 is 23.1 Å². The summed E-state index contributed by atoms with van der Waals surface area (Å²) in [6.45, 7) is 6.22. The molecular formula is C22H33F3O2. The molecule has 0 spiro atoms. The van der Waals surface area contributed by atoms with E-state index in [4.69, 9.17) is 0 Å². The number of hydrogen-bond donors (Lipinski definition) is 1. The van der Waals surface area contributed by atoms with Gasteiger partial charge in [-0.15, -0.1) is 0 Å². The van der Waals surface area contributed by atoms with Gasteiger partial charge >= 0.3 is 6.18 Å². The van der Waals surface area contributed by atoms with E-state index in [1.54, 1.807) is 6.92 Å². The van der Waals surface area contributed by atoms with Crippen LogP contribution in [0.5, 0.6) is 0 Å². The molecule has 0 aliphatic heterocycles. The molecule has 0 heterocycles. The van der Waals surface area contributed by atoms with E-state index < -0.39 is 11.8 Å². The highest BCUT2D eigenvalue weighted by Crippen LogP contribution is 2.68. The maximum atomic E-state index is 13.4. The molecule has 27 heavy (non-hydrogen) atoms. The molecule has 8 atom stereocenters. The minimum Gasteiger partial charge on any atom is -0.380 e. The van der Waals surface area contributed by atoms with E-state index in [0.717, 1.165) is 38.5 Å². The van der Waals surface area contributed by atoms with Crippen LogP contribution >= 0.6 is 0 Å². The van der Waals surface area contributed by atoms with Gasteiger partial charge < -0.3 is 5.11 Å². The van der Waals surface area contributed by atoms with Gasteiger partial charge in [-0.2, -0.15) is 13.2 Å². The zero-order valence-electron chi connectivity index (χ0n) is 16.7. The molecule has 0 aromatic heterocycles. The molecular weight excluding hydrogens is 353 g/mol. The zero-order valence-corrected chi connectivity index (χ0v) is 16.7. The summed E-state index contributed by atoms with van der Waals surface area (Å²) in [4.78, 5) is 12.2. The Morgan fingerprint density at radius 1 is 0.926 bits per heavy atom. The van der Waals surface area contributed by atoms with Gasteiger partial charge in [0.15, 0.2) is 5.60 Å². The molecule has 0 saturated heterocycles. The maximum Gasteiger partial charge on any atom is 0.417 e. The number of carbonyl (C=O) groups is 1. The molecule has 1 N–H and O–H groups in total. The minimum atomic E-state index is -4.53. The van der Waals surface area contributed by atoms with Crippen LogP contribution in [0.4, 0.5) is 13.2 Å². The summed E-state index contributed by atoms with van der Waals surface area (Å²) >= 11 is 0. The smallest absolute Gasteiger partial charge is 0.380 e. The van der Waals surface area contributed by atoms with Crippen LogP contribution in [0.25, 0.3) is 0 Å². The van der Waals surface area contributed by atoms with Crippen molar-refractivity contribution in [3.05, 3.63) is 0 Å². The number of halogens is 3. The van der Waals surface area contributed by atoms with E-state index in [0.29, 0.717) is 30.0 Å². The van der Waals surface area contributed by atoms with Gasteiger partial charge in [0.25, 0.3) is 0 Å². The lowest BCUT2D eigenvalue weighted by molar-refractivity contribution is -0.290. The van der Waals surface area contributed by atoms with Crippen LogP contribution in [0.2, 0.25) is 0 Å². The Labute approximate surface area is 160 Å². The Kier molecular flexibility index (Phi) is 4.36. The van der Waals surface area contributed by atoms with Crippen LogP contribution in [-0.4, -0.2) is 22.7 Å². The van der Waals surface area contributed by atoms with E-state index in [1.807, 2.05) is 0 Å². The molecule has 4 aliphatic carbocycles. The average Bonchev–Trinajstić information content (AvgIpc) is 2.92. The molecule has 0 radical (unpaired) electrons. The van der Waals surface area contributed by atoms with Crippen molar-refractivity contribution in [1.29, 1.82) is 0 Å². The fourth-order valence-corrected chi connectivity index (χ4v) is 8.17. The van der Waals surface area contributed by atoms with E-state index in [-0.39, 0.29) is 35.5 Å². The molecule has 0 aromatic carbocycles. The molecule has 154 valence electrons. The molecule has 5 heteroatoms. The number of hydrogen-bond acceptors (Lipinski definition) is 2. The first kappa shape index (κ1) is 19.7. The predicted molar refractivity (Wildman–Crippen MR) is 96.9 cm³/mol. The number of Topliss-reactive ketones (excluding diaryl/α,β-unsaturated/α-hetero) is 1. The highest BCUT2D eigenvalue weighted by molar-refractivity contribution is 5.79. The molecule has 2 nitrogen and oxygen atoms in total. The lowest BCUT2D eigenvalue weighted by atomic mass is 9.43. The highest BCUT2D eigenvalue weighted by atomic mass is 19.4. The fraction of sp³-hybridized carbons (Fsp3) is 0.955. The summed E-state index contributed by atoms with van der Waals surface area (Å²) in [5.41, 5.74) is -2.52. The van der Waals surface area contributed by atoms with Crippen LogP contribution in [-0.2, 0) is 4.79 Å². The Morgan fingerprint density at radius 2 is 1.59 bits per heavy atom. The third kappa shape index (κ3) is 2.66. The molecule has 0 unspecified atom stereocenters. The summed E-state index contributed by atoms with van der Waals surface area (Å²) < 4.78 is 40.2. The number of carbonyl (C=O) groups excluding carboxylic acids is 1. The largest absolute Gasteiger partial charge is 0.417 e. The van der Waals surface area contributed by atoms with Crippen LogP contribution < -0.4 is 0 Å². The van der Waals surface area contributed by atoms with Gasteiger partial charge in [-0.05, 0) is 99.2 Å². The van der Waals surface area contributed by atoms with Crippen molar-refractivity contribution in [3.8, 4) is 0 Å². The number of ketones is 1. The number of fused-ring (bicyclic) bond motifs is 5. The summed E-state index contributed by atoms with van der Waals surface area (Å²) in [6, 6.07) is 0. The zero-order chi connectivity index (χ0) is 19.8. The molecule has 4 fully saturated rings. The lowest BCUT2D eigenvalue weighted by Crippen LogP contribution is -2.59. The van der Waals surface area contributed by atoms with E-state index in [1.165, 1.54) is 0 Å². The normalized spacial score (nSPS) is 52.6. The molecule has 0 aromatic rings. The number of rotatable bonds is 1. The van der Waals surface area contributed by atoms with Gasteiger partial charge in [0.1, 0.15) is 5.78 Å². The van der Waals surface area contributed by atoms with Crippen molar-refractivity contribution in [1.82, 2.24) is 0 Å². The molecule has 0 bridgehead atoms. The standard InChI is InChI=1S/C22H33F3O2/c1-13(26)16-6-7-17-15-5-4-14-12-21(27,22(23,24)25)11-10-19(14,2)18(15)8-9-20(16,17)3/h14-18,27H,4-12H2,1-3H3/t14-,15-,16+,17-,18-,19-,20+,21+/m0/s1. The van der Waals surface area contributed by atoms with Crippen LogP contribution in [0.15, 0.2) is 0 Å². The fourth-order valence-electron chi connectivity index (χ4n) is 8.17. The van der Waals surface area contributed by atoms with Gasteiger partial charge in [0.05, 0.1) is 0 Å². The molecule has 4 saturated carbocycles. The summed E-state index contributed by atoms with van der Waals surface area (Å²) in [6.07, 6.45) is 1.51. The quantitative estimate of drug-likeness (QED) is 0.643. The summed E-state index contributed by atoms with van der Waals surface area (Å²) in [7, 11) is 0. The predicted octanol–water partition coefficient (Wildman–Crippen LogP) is 5.53. The molecule has 4 rings (SSSR count). The Hall–Kier alpha value is -0.580. The Morgan fingerprint density at radius 3 is 2.22 bits per heavy atom. The van der Waals surface area contributed by atoms with E-state index >= 15 is 0 Å². The van der Waals surface area contributed by atoms with Gasteiger partial charge in [0.2, 0.25) is 0 Å². The first-order chi connectivity index (χ1) is 12.4. The van der Waals surface area contributed by atoms with Crippen molar-refractivity contribution in [3.63, 3.8) is 0 Å². The third-order valence-corrected chi connectivity index (χ3v) is 9.74. The number of aliphatic hydroxyl groups is 1. The molecule has 0 amide bonds. The van der Waals surface area contributed by atoms with Crippen molar-refractivity contribution in [2.75, 3.05) is 0 Å². The number of alkyl halides is 3. The Bertz CT molecular complexity index is 632. The summed E-state index contributed by atoms with van der Waals surface area (Å²) in [5.74, 6) is 1.94. The van der Waals surface area contributed by atoms with Crippen molar-refractivity contribution in [2.24, 2.45) is 40.4 Å². The SMILES string of the molecule is CC(=O)[C@H]1CC[C@H]2[C@@H]3CC[C@H]4C[C@@](O)(C(F)(F)F)CC[C@]4(C)[C@H]3CC[C@]12C. The van der Waals surface area contributed by atoms with Crippen molar-refractivity contribution >= 4 is 5.78 Å². The Balaban J connectivity index is 1.59. The third-order valence-electron chi connectivity index (χ3n) is 9.74. The monoisotopic (exact) mass is 386 g/mol. The highest BCUT2D eigenvalue weighted by Gasteiger charge is 2.65. The second-order valence-electron chi connectivity index (χ2n) is 10.7. The first-order valence-corrected chi connectivity index (χ1v) is 10.7. The minimum absolute atomic E-state index is 0.0477. The van der Waals surface area contributed by atoms with E-state index in [9.17, 15) is 23.1 Å². The van der Waals surface area contributed by atoms with Crippen LogP contribution in [0.3, 0.4) is 0 Å². The van der Waals surface area contributed by atoms with Crippen molar-refractivity contribution in [2.45, 2.75) is 90.3 Å². The van der Waals surface area contributed by atoms with Crippen LogP contribution in [0.1, 0.15) is 78.6 Å². The summed E-state index contributed by atoms with van der Waals surface area (Å²) in [5, 5.41) is 10.3. The average molecular weight is 386 g/mol. The maximum absolute atomic E-state index is 13.4. The topological polar surface area (TPSA) is 37.3 Å².